The summed E-state index contributed by atoms with van der Waals surface area (Å²) < 4.78 is 5.36. The molecule has 266 valence electrons. The van der Waals surface area contributed by atoms with Crippen molar-refractivity contribution < 1.29 is 24.5 Å². The third-order valence-electron chi connectivity index (χ3n) is 8.20. The number of nitrogens with one attached hydrogen (secondary N) is 2. The smallest absolute Gasteiger partial charge is 0.293 e. The first-order valence-corrected chi connectivity index (χ1v) is 17.4. The van der Waals surface area contributed by atoms with Gasteiger partial charge >= 0.3 is 0 Å². The van der Waals surface area contributed by atoms with E-state index in [0.717, 1.165) is 46.6 Å². The normalized spacial score (nSPS) is 13.5. The van der Waals surface area contributed by atoms with Crippen LogP contribution in [0.5, 0.6) is 0 Å². The van der Waals surface area contributed by atoms with Crippen LogP contribution in [-0.4, -0.2) is 73.6 Å². The SMILES string of the molecule is CCC/C=C(\NC(C)C)c1cccc(N(C)CC(OC=O)C(=O)NC(Cc2ccccc2)C(O)CN(CC(C)C)c2ccc(CO)cc2)c1. The number of carbonyl (C=O) groups excluding carboxylic acids is 2. The number of hydrogen-bond donors (Lipinski definition) is 4. The first-order chi connectivity index (χ1) is 23.5. The van der Waals surface area contributed by atoms with Crippen LogP contribution in [0.2, 0.25) is 0 Å². The largest absolute Gasteiger partial charge is 0.453 e. The third kappa shape index (κ3) is 12.9. The number of anilines is 2. The zero-order valence-corrected chi connectivity index (χ0v) is 30.0. The zero-order valence-electron chi connectivity index (χ0n) is 30.0. The van der Waals surface area contributed by atoms with Gasteiger partial charge in [-0.3, -0.25) is 9.59 Å². The van der Waals surface area contributed by atoms with Gasteiger partial charge in [0.15, 0.2) is 6.10 Å². The molecule has 0 aliphatic heterocycles. The molecule has 1 amide bonds. The number of benzene rings is 3. The number of allylic oxidation sites excluding steroid dienone is 1. The van der Waals surface area contributed by atoms with Gasteiger partial charge in [-0.2, -0.15) is 0 Å². The van der Waals surface area contributed by atoms with Crippen molar-refractivity contribution in [1.82, 2.24) is 10.6 Å². The van der Waals surface area contributed by atoms with Crippen molar-refractivity contribution >= 4 is 29.5 Å². The summed E-state index contributed by atoms with van der Waals surface area (Å²) in [6, 6.07) is 25.0. The second kappa shape index (κ2) is 20.2. The molecule has 3 atom stereocenters. The summed E-state index contributed by atoms with van der Waals surface area (Å²) >= 11 is 0. The van der Waals surface area contributed by atoms with Crippen molar-refractivity contribution in [3.63, 3.8) is 0 Å². The van der Waals surface area contributed by atoms with Crippen LogP contribution >= 0.6 is 0 Å². The van der Waals surface area contributed by atoms with E-state index in [1.165, 1.54) is 0 Å². The van der Waals surface area contributed by atoms with E-state index >= 15 is 0 Å². The molecule has 0 saturated heterocycles. The second-order valence-corrected chi connectivity index (χ2v) is 13.4. The van der Waals surface area contributed by atoms with E-state index in [9.17, 15) is 19.8 Å². The fourth-order valence-electron chi connectivity index (χ4n) is 5.70. The minimum absolute atomic E-state index is 0.0463. The molecule has 0 aromatic heterocycles. The lowest BCUT2D eigenvalue weighted by atomic mass is 9.99. The van der Waals surface area contributed by atoms with Crippen LogP contribution in [0.15, 0.2) is 84.9 Å². The number of unbranched alkanes of at least 4 members (excludes halogenated alkanes) is 1. The van der Waals surface area contributed by atoms with Crippen molar-refractivity contribution in [2.75, 3.05) is 36.5 Å². The molecule has 0 saturated carbocycles. The molecule has 0 spiro atoms. The van der Waals surface area contributed by atoms with Crippen LogP contribution in [-0.2, 0) is 27.4 Å². The number of hydrogen-bond acceptors (Lipinski definition) is 8. The Morgan fingerprint density at radius 2 is 1.59 bits per heavy atom. The number of aliphatic hydroxyl groups is 2. The van der Waals surface area contributed by atoms with Crippen LogP contribution in [0, 0.1) is 5.92 Å². The number of likely N-dealkylation sites (N-methyl/N-ethyl adjacent to an activating group) is 1. The highest BCUT2D eigenvalue weighted by Crippen LogP contribution is 2.22. The highest BCUT2D eigenvalue weighted by Gasteiger charge is 2.29. The topological polar surface area (TPSA) is 114 Å². The van der Waals surface area contributed by atoms with Gasteiger partial charge in [-0.25, -0.2) is 0 Å². The van der Waals surface area contributed by atoms with Crippen molar-refractivity contribution in [1.29, 1.82) is 0 Å². The lowest BCUT2D eigenvalue weighted by Crippen LogP contribution is -2.54. The van der Waals surface area contributed by atoms with Crippen molar-refractivity contribution in [2.45, 2.75) is 84.8 Å². The first-order valence-electron chi connectivity index (χ1n) is 17.4. The molecule has 0 fully saturated rings. The van der Waals surface area contributed by atoms with E-state index in [4.69, 9.17) is 4.74 Å². The highest BCUT2D eigenvalue weighted by molar-refractivity contribution is 5.83. The Balaban J connectivity index is 1.83. The molecule has 0 bridgehead atoms. The fourth-order valence-corrected chi connectivity index (χ4v) is 5.70. The molecule has 0 aliphatic rings. The van der Waals surface area contributed by atoms with E-state index in [1.54, 1.807) is 0 Å². The average molecular weight is 673 g/mol. The average Bonchev–Trinajstić information content (AvgIpc) is 3.09. The lowest BCUT2D eigenvalue weighted by molar-refractivity contribution is -0.145. The molecule has 9 nitrogen and oxygen atoms in total. The predicted octanol–water partition coefficient (Wildman–Crippen LogP) is 5.55. The summed E-state index contributed by atoms with van der Waals surface area (Å²) in [4.78, 5) is 29.5. The van der Waals surface area contributed by atoms with Gasteiger partial charge in [-0.15, -0.1) is 0 Å². The summed E-state index contributed by atoms with van der Waals surface area (Å²) in [6.07, 6.45) is 2.51. The van der Waals surface area contributed by atoms with Crippen LogP contribution in [0.25, 0.3) is 5.70 Å². The van der Waals surface area contributed by atoms with E-state index < -0.39 is 24.2 Å². The number of aliphatic hydroxyl groups excluding tert-OH is 2. The predicted molar refractivity (Wildman–Crippen MR) is 199 cm³/mol. The molecule has 9 heteroatoms. The van der Waals surface area contributed by atoms with Crippen LogP contribution in [0.3, 0.4) is 0 Å². The maximum absolute atomic E-state index is 13.8. The van der Waals surface area contributed by atoms with Crippen LogP contribution < -0.4 is 20.4 Å². The number of ether oxygens (including phenoxy) is 1. The summed E-state index contributed by atoms with van der Waals surface area (Å²) in [5.41, 5.74) is 5.64. The van der Waals surface area contributed by atoms with E-state index in [-0.39, 0.29) is 25.7 Å². The minimum atomic E-state index is -1.11. The molecule has 0 radical (unpaired) electrons. The third-order valence-corrected chi connectivity index (χ3v) is 8.20. The maximum atomic E-state index is 13.8. The Hall–Kier alpha value is -4.34. The number of rotatable bonds is 21. The molecule has 3 rings (SSSR count). The fraction of sp³-hybridized carbons (Fsp3) is 0.450. The van der Waals surface area contributed by atoms with E-state index in [0.29, 0.717) is 25.4 Å². The monoisotopic (exact) mass is 672 g/mol. The van der Waals surface area contributed by atoms with Gasteiger partial charge in [0.25, 0.3) is 12.4 Å². The van der Waals surface area contributed by atoms with E-state index in [1.807, 2.05) is 78.7 Å². The quantitative estimate of drug-likeness (QED) is 0.109. The van der Waals surface area contributed by atoms with Crippen LogP contribution in [0.4, 0.5) is 11.4 Å². The highest BCUT2D eigenvalue weighted by atomic mass is 16.5. The molecule has 3 aromatic rings. The number of nitrogens with zero attached hydrogens (tertiary/aromatic N) is 2. The van der Waals surface area contributed by atoms with Gasteiger partial charge in [0.05, 0.1) is 25.3 Å². The van der Waals surface area contributed by atoms with Crippen molar-refractivity contribution in [2.24, 2.45) is 5.92 Å². The van der Waals surface area contributed by atoms with Gasteiger partial charge in [0.2, 0.25) is 0 Å². The Morgan fingerprint density at radius 3 is 2.20 bits per heavy atom. The summed E-state index contributed by atoms with van der Waals surface area (Å²) in [5.74, 6) is -0.173. The Kier molecular flexibility index (Phi) is 16.1. The number of amides is 1. The number of carbonyl (C=O) groups is 2. The zero-order chi connectivity index (χ0) is 35.8. The lowest BCUT2D eigenvalue weighted by Gasteiger charge is -2.33. The van der Waals surface area contributed by atoms with Gasteiger partial charge in [0, 0.05) is 43.3 Å². The molecular weight excluding hydrogens is 616 g/mol. The Labute approximate surface area is 293 Å². The molecule has 49 heavy (non-hydrogen) atoms. The Morgan fingerprint density at radius 1 is 0.878 bits per heavy atom. The molecule has 0 heterocycles. The molecular formula is C40H56N4O5. The van der Waals surface area contributed by atoms with Gasteiger partial charge in [-0.1, -0.05) is 87.9 Å². The minimum Gasteiger partial charge on any atom is -0.453 e. The van der Waals surface area contributed by atoms with Gasteiger partial charge in [0.1, 0.15) is 0 Å². The summed E-state index contributed by atoms with van der Waals surface area (Å²) in [5, 5.41) is 27.8. The summed E-state index contributed by atoms with van der Waals surface area (Å²) in [6.45, 7) is 11.9. The molecule has 4 N–H and O–H groups in total. The first kappa shape index (κ1) is 39.1. The Bertz CT molecular complexity index is 1440. The van der Waals surface area contributed by atoms with Crippen LogP contribution in [0.1, 0.15) is 64.2 Å². The van der Waals surface area contributed by atoms with Gasteiger partial charge < -0.3 is 35.4 Å². The standard InChI is InChI=1S/C40H56N4O5/c1-7-8-17-36(41-30(4)5)33-15-12-16-35(23-33)43(6)26-39(49-28-46)40(48)42-37(22-31-13-10-9-11-14-31)38(47)25-44(24-29(2)3)34-20-18-32(27-45)19-21-34/h9-21,23,28-30,37-39,41,45,47H,7-8,22,24-27H2,1-6H3,(H,42,48)/b36-17-. The second-order valence-electron chi connectivity index (χ2n) is 13.4. The maximum Gasteiger partial charge on any atom is 0.293 e. The molecule has 0 aliphatic carbocycles. The molecule has 3 unspecified atom stereocenters. The van der Waals surface area contributed by atoms with Crippen molar-refractivity contribution in [3.8, 4) is 0 Å². The summed E-state index contributed by atoms with van der Waals surface area (Å²) in [7, 11) is 1.86. The van der Waals surface area contributed by atoms with E-state index in [2.05, 4.69) is 68.4 Å². The van der Waals surface area contributed by atoms with Crippen molar-refractivity contribution in [3.05, 3.63) is 102 Å². The molecule has 3 aromatic carbocycles. The van der Waals surface area contributed by atoms with Gasteiger partial charge in [-0.05, 0) is 73.6 Å².